The van der Waals surface area contributed by atoms with E-state index in [4.69, 9.17) is 5.73 Å². The Kier molecular flexibility index (Phi) is 2.00. The van der Waals surface area contributed by atoms with Crippen molar-refractivity contribution in [2.24, 2.45) is 5.73 Å². The molecule has 64 valence electrons. The number of fused-ring (bicyclic) bond motifs is 1. The zero-order valence-corrected chi connectivity index (χ0v) is 7.14. The standard InChI is InChI=1S/C10H14N2/c11-7-8-3-4-9-2-1-5-12-10(9)6-8/h3-4,6,12H,1-2,5,7,11H2. The minimum atomic E-state index is 0.634. The molecule has 0 bridgehead atoms. The molecule has 1 aliphatic rings. The Balaban J connectivity index is 2.36. The maximum absolute atomic E-state index is 5.56. The number of hydrogen-bond acceptors (Lipinski definition) is 2. The third-order valence-corrected chi connectivity index (χ3v) is 2.35. The fourth-order valence-corrected chi connectivity index (χ4v) is 1.64. The van der Waals surface area contributed by atoms with Gasteiger partial charge in [-0.05, 0) is 30.0 Å². The molecule has 2 rings (SSSR count). The van der Waals surface area contributed by atoms with Crippen LogP contribution in [0.15, 0.2) is 18.2 Å². The lowest BCUT2D eigenvalue weighted by Gasteiger charge is -2.18. The van der Waals surface area contributed by atoms with Crippen LogP contribution in [-0.2, 0) is 13.0 Å². The summed E-state index contributed by atoms with van der Waals surface area (Å²) >= 11 is 0. The smallest absolute Gasteiger partial charge is 0.0375 e. The molecule has 0 aliphatic carbocycles. The molecule has 0 saturated carbocycles. The highest BCUT2D eigenvalue weighted by molar-refractivity contribution is 5.54. The molecule has 1 aliphatic heterocycles. The number of rotatable bonds is 1. The number of hydrogen-bond donors (Lipinski definition) is 2. The predicted molar refractivity (Wildman–Crippen MR) is 51.1 cm³/mol. The lowest BCUT2D eigenvalue weighted by Crippen LogP contribution is -2.12. The summed E-state index contributed by atoms with van der Waals surface area (Å²) in [6.07, 6.45) is 2.45. The SMILES string of the molecule is NCc1ccc2c(c1)NCCC2. The number of nitrogens with two attached hydrogens (primary N) is 1. The molecule has 0 atom stereocenters. The van der Waals surface area contributed by atoms with Crippen LogP contribution in [0.1, 0.15) is 17.5 Å². The van der Waals surface area contributed by atoms with Crippen molar-refractivity contribution in [1.82, 2.24) is 0 Å². The van der Waals surface area contributed by atoms with Gasteiger partial charge in [-0.3, -0.25) is 0 Å². The van der Waals surface area contributed by atoms with Crippen molar-refractivity contribution in [3.05, 3.63) is 29.3 Å². The minimum absolute atomic E-state index is 0.634. The summed E-state index contributed by atoms with van der Waals surface area (Å²) in [7, 11) is 0. The van der Waals surface area contributed by atoms with Crippen molar-refractivity contribution in [2.45, 2.75) is 19.4 Å². The first-order valence-electron chi connectivity index (χ1n) is 4.46. The lowest BCUT2D eigenvalue weighted by atomic mass is 10.0. The molecule has 0 aromatic heterocycles. The van der Waals surface area contributed by atoms with Gasteiger partial charge in [-0.25, -0.2) is 0 Å². The van der Waals surface area contributed by atoms with E-state index >= 15 is 0 Å². The molecule has 0 amide bonds. The van der Waals surface area contributed by atoms with Crippen molar-refractivity contribution in [1.29, 1.82) is 0 Å². The maximum atomic E-state index is 5.56. The van der Waals surface area contributed by atoms with E-state index in [9.17, 15) is 0 Å². The molecule has 0 fully saturated rings. The van der Waals surface area contributed by atoms with Gasteiger partial charge in [-0.1, -0.05) is 12.1 Å². The Hall–Kier alpha value is -1.02. The molecule has 0 saturated heterocycles. The highest BCUT2D eigenvalue weighted by Crippen LogP contribution is 2.22. The van der Waals surface area contributed by atoms with E-state index in [0.717, 1.165) is 6.54 Å². The van der Waals surface area contributed by atoms with Crippen molar-refractivity contribution in [2.75, 3.05) is 11.9 Å². The van der Waals surface area contributed by atoms with Gasteiger partial charge in [0.15, 0.2) is 0 Å². The van der Waals surface area contributed by atoms with E-state index in [1.165, 1.54) is 29.7 Å². The van der Waals surface area contributed by atoms with E-state index in [-0.39, 0.29) is 0 Å². The van der Waals surface area contributed by atoms with Crippen molar-refractivity contribution < 1.29 is 0 Å². The third-order valence-electron chi connectivity index (χ3n) is 2.35. The van der Waals surface area contributed by atoms with Crippen LogP contribution in [0.3, 0.4) is 0 Å². The van der Waals surface area contributed by atoms with Gasteiger partial charge in [0.25, 0.3) is 0 Å². The molecule has 0 radical (unpaired) electrons. The Bertz CT molecular complexity index is 281. The molecule has 1 aromatic carbocycles. The zero-order chi connectivity index (χ0) is 8.39. The van der Waals surface area contributed by atoms with Gasteiger partial charge in [0, 0.05) is 18.8 Å². The van der Waals surface area contributed by atoms with Crippen molar-refractivity contribution in [3.63, 3.8) is 0 Å². The topological polar surface area (TPSA) is 38.0 Å². The Morgan fingerprint density at radius 1 is 1.42 bits per heavy atom. The average Bonchev–Trinajstić information content (AvgIpc) is 2.17. The number of nitrogens with one attached hydrogen (secondary N) is 1. The molecule has 12 heavy (non-hydrogen) atoms. The highest BCUT2D eigenvalue weighted by atomic mass is 14.9. The second kappa shape index (κ2) is 3.15. The van der Waals surface area contributed by atoms with E-state index < -0.39 is 0 Å². The zero-order valence-electron chi connectivity index (χ0n) is 7.14. The first-order chi connectivity index (χ1) is 5.90. The normalized spacial score (nSPS) is 15.1. The molecule has 2 nitrogen and oxygen atoms in total. The van der Waals surface area contributed by atoms with Gasteiger partial charge in [-0.2, -0.15) is 0 Å². The average molecular weight is 162 g/mol. The first-order valence-corrected chi connectivity index (χ1v) is 4.46. The quantitative estimate of drug-likeness (QED) is 0.656. The summed E-state index contributed by atoms with van der Waals surface area (Å²) < 4.78 is 0. The summed E-state index contributed by atoms with van der Waals surface area (Å²) in [6.45, 7) is 1.73. The largest absolute Gasteiger partial charge is 0.385 e. The lowest BCUT2D eigenvalue weighted by molar-refractivity contribution is 0.828. The summed E-state index contributed by atoms with van der Waals surface area (Å²) in [5.74, 6) is 0. The number of anilines is 1. The van der Waals surface area contributed by atoms with Gasteiger partial charge < -0.3 is 11.1 Å². The van der Waals surface area contributed by atoms with Crippen LogP contribution in [0.5, 0.6) is 0 Å². The molecule has 1 heterocycles. The Morgan fingerprint density at radius 2 is 2.33 bits per heavy atom. The second-order valence-electron chi connectivity index (χ2n) is 3.23. The summed E-state index contributed by atoms with van der Waals surface area (Å²) in [4.78, 5) is 0. The van der Waals surface area contributed by atoms with E-state index in [2.05, 4.69) is 23.5 Å². The number of benzene rings is 1. The van der Waals surface area contributed by atoms with Crippen LogP contribution >= 0.6 is 0 Å². The van der Waals surface area contributed by atoms with Crippen LogP contribution in [-0.4, -0.2) is 6.54 Å². The summed E-state index contributed by atoms with van der Waals surface area (Å²) in [5, 5.41) is 3.38. The van der Waals surface area contributed by atoms with Gasteiger partial charge in [0.05, 0.1) is 0 Å². The third kappa shape index (κ3) is 1.30. The first kappa shape index (κ1) is 7.62. The van der Waals surface area contributed by atoms with Crippen LogP contribution in [0, 0.1) is 0 Å². The van der Waals surface area contributed by atoms with Gasteiger partial charge in [0.2, 0.25) is 0 Å². The predicted octanol–water partition coefficient (Wildman–Crippen LogP) is 1.50. The maximum Gasteiger partial charge on any atom is 0.0375 e. The Labute approximate surface area is 72.8 Å². The second-order valence-corrected chi connectivity index (χ2v) is 3.23. The highest BCUT2D eigenvalue weighted by Gasteiger charge is 2.07. The minimum Gasteiger partial charge on any atom is -0.385 e. The fraction of sp³-hybridized carbons (Fsp3) is 0.400. The molecular formula is C10H14N2. The van der Waals surface area contributed by atoms with Gasteiger partial charge >= 0.3 is 0 Å². The monoisotopic (exact) mass is 162 g/mol. The number of aryl methyl sites for hydroxylation is 1. The van der Waals surface area contributed by atoms with E-state index in [1.54, 1.807) is 0 Å². The molecule has 1 aromatic rings. The van der Waals surface area contributed by atoms with E-state index in [1.807, 2.05) is 0 Å². The van der Waals surface area contributed by atoms with Crippen molar-refractivity contribution in [3.8, 4) is 0 Å². The fourth-order valence-electron chi connectivity index (χ4n) is 1.64. The van der Waals surface area contributed by atoms with Crippen LogP contribution in [0.25, 0.3) is 0 Å². The van der Waals surface area contributed by atoms with Crippen LogP contribution in [0.4, 0.5) is 5.69 Å². The van der Waals surface area contributed by atoms with Crippen molar-refractivity contribution >= 4 is 5.69 Å². The molecule has 2 heteroatoms. The van der Waals surface area contributed by atoms with Crippen LogP contribution < -0.4 is 11.1 Å². The molecule has 0 spiro atoms. The summed E-state index contributed by atoms with van der Waals surface area (Å²) in [6, 6.07) is 6.46. The van der Waals surface area contributed by atoms with Gasteiger partial charge in [0.1, 0.15) is 0 Å². The summed E-state index contributed by atoms with van der Waals surface area (Å²) in [5.41, 5.74) is 9.48. The molecule has 3 N–H and O–H groups in total. The van der Waals surface area contributed by atoms with Gasteiger partial charge in [-0.15, -0.1) is 0 Å². The Morgan fingerprint density at radius 3 is 3.17 bits per heavy atom. The van der Waals surface area contributed by atoms with Crippen LogP contribution in [0.2, 0.25) is 0 Å². The van der Waals surface area contributed by atoms with E-state index in [0.29, 0.717) is 6.54 Å². The molecular weight excluding hydrogens is 148 g/mol. The molecule has 0 unspecified atom stereocenters.